The molecule has 23 heavy (non-hydrogen) atoms. The zero-order valence-electron chi connectivity index (χ0n) is 14.1. The number of rotatable bonds is 7. The van der Waals surface area contributed by atoms with E-state index in [0.717, 1.165) is 31.6 Å². The molecule has 1 aliphatic rings. The lowest BCUT2D eigenvalue weighted by molar-refractivity contribution is -0.123. The van der Waals surface area contributed by atoms with Crippen molar-refractivity contribution < 1.29 is 9.53 Å². The molecule has 2 unspecified atom stereocenters. The fourth-order valence-corrected chi connectivity index (χ4v) is 3.41. The van der Waals surface area contributed by atoms with Crippen LogP contribution >= 0.6 is 11.8 Å². The fourth-order valence-electron chi connectivity index (χ4n) is 2.92. The highest BCUT2D eigenvalue weighted by Crippen LogP contribution is 2.33. The van der Waals surface area contributed by atoms with Gasteiger partial charge in [0.05, 0.1) is 12.1 Å². The van der Waals surface area contributed by atoms with Crippen LogP contribution in [0.2, 0.25) is 0 Å². The normalized spacial score (nSPS) is 22.6. The van der Waals surface area contributed by atoms with Crippen LogP contribution in [-0.4, -0.2) is 37.1 Å². The van der Waals surface area contributed by atoms with Crippen LogP contribution in [-0.2, 0) is 9.53 Å². The Morgan fingerprint density at radius 2 is 2.17 bits per heavy atom. The van der Waals surface area contributed by atoms with Crippen molar-refractivity contribution in [2.75, 3.05) is 25.2 Å². The Balaban J connectivity index is 1.91. The van der Waals surface area contributed by atoms with Crippen LogP contribution in [0.3, 0.4) is 0 Å². The van der Waals surface area contributed by atoms with Crippen molar-refractivity contribution in [3.8, 4) is 0 Å². The molecule has 0 saturated carbocycles. The van der Waals surface area contributed by atoms with E-state index >= 15 is 0 Å². The van der Waals surface area contributed by atoms with E-state index in [2.05, 4.69) is 36.5 Å². The largest absolute Gasteiger partial charge is 0.373 e. The summed E-state index contributed by atoms with van der Waals surface area (Å²) < 4.78 is 5.99. The topological polar surface area (TPSA) is 64.4 Å². The highest BCUT2D eigenvalue weighted by molar-refractivity contribution is 7.98. The third-order valence-corrected chi connectivity index (χ3v) is 5.00. The number of ether oxygens (including phenoxy) is 1. The molecule has 3 atom stereocenters. The summed E-state index contributed by atoms with van der Waals surface area (Å²) in [5.74, 6) is 1.17. The van der Waals surface area contributed by atoms with Crippen LogP contribution in [0.25, 0.3) is 0 Å². The number of carbonyl (C=O) groups excluding carboxylic acids is 1. The van der Waals surface area contributed by atoms with Gasteiger partial charge in [0.25, 0.3) is 0 Å². The predicted molar refractivity (Wildman–Crippen MR) is 96.6 cm³/mol. The van der Waals surface area contributed by atoms with Gasteiger partial charge in [0.1, 0.15) is 0 Å². The second kappa shape index (κ2) is 9.30. The number of amides is 1. The molecule has 1 heterocycles. The average molecular weight is 337 g/mol. The minimum atomic E-state index is -0.412. The number of hydrogen-bond acceptors (Lipinski definition) is 4. The van der Waals surface area contributed by atoms with Gasteiger partial charge in [0.15, 0.2) is 0 Å². The van der Waals surface area contributed by atoms with Crippen LogP contribution in [0.1, 0.15) is 36.5 Å². The lowest BCUT2D eigenvalue weighted by Gasteiger charge is -2.32. The number of aryl methyl sites for hydroxylation is 1. The molecule has 1 saturated heterocycles. The summed E-state index contributed by atoms with van der Waals surface area (Å²) in [4.78, 5) is 12.1. The van der Waals surface area contributed by atoms with Gasteiger partial charge < -0.3 is 15.8 Å². The van der Waals surface area contributed by atoms with Crippen molar-refractivity contribution >= 4 is 17.7 Å². The number of nitrogens with two attached hydrogens (primary N) is 1. The van der Waals surface area contributed by atoms with E-state index in [1.165, 1.54) is 11.1 Å². The molecule has 0 aromatic heterocycles. The number of hydrogen-bond donors (Lipinski definition) is 2. The molecule has 5 heteroatoms. The highest BCUT2D eigenvalue weighted by atomic mass is 32.2. The van der Waals surface area contributed by atoms with Gasteiger partial charge in [-0.05, 0) is 43.8 Å². The molecule has 1 aromatic carbocycles. The lowest BCUT2D eigenvalue weighted by atomic mass is 9.89. The molecule has 0 radical (unpaired) electrons. The molecule has 3 N–H and O–H groups in total. The van der Waals surface area contributed by atoms with Crippen LogP contribution in [0.15, 0.2) is 24.3 Å². The lowest BCUT2D eigenvalue weighted by Crippen LogP contribution is -2.44. The first kappa shape index (κ1) is 18.3. The molecule has 1 aliphatic heterocycles. The third-order valence-electron chi connectivity index (χ3n) is 4.36. The zero-order valence-corrected chi connectivity index (χ0v) is 14.9. The molecule has 128 valence electrons. The minimum absolute atomic E-state index is 0.0488. The first-order valence-electron chi connectivity index (χ1n) is 8.32. The van der Waals surface area contributed by atoms with Gasteiger partial charge in [0, 0.05) is 19.1 Å². The predicted octanol–water partition coefficient (Wildman–Crippen LogP) is 2.66. The molecule has 0 aliphatic carbocycles. The Hall–Kier alpha value is -1.04. The molecule has 1 fully saturated rings. The maximum Gasteiger partial charge on any atom is 0.236 e. The van der Waals surface area contributed by atoms with Gasteiger partial charge in [-0.15, -0.1) is 0 Å². The maximum atomic E-state index is 12.1. The van der Waals surface area contributed by atoms with E-state index in [4.69, 9.17) is 10.5 Å². The number of nitrogens with one attached hydrogen (secondary N) is 1. The fraction of sp³-hybridized carbons (Fsp3) is 0.611. The molecule has 0 bridgehead atoms. The van der Waals surface area contributed by atoms with E-state index in [1.54, 1.807) is 11.8 Å². The molecule has 2 rings (SSSR count). The van der Waals surface area contributed by atoms with Crippen LogP contribution in [0.4, 0.5) is 0 Å². The summed E-state index contributed by atoms with van der Waals surface area (Å²) in [5, 5.41) is 3.02. The Morgan fingerprint density at radius 3 is 2.87 bits per heavy atom. The van der Waals surface area contributed by atoms with Gasteiger partial charge in [-0.2, -0.15) is 11.8 Å². The summed E-state index contributed by atoms with van der Waals surface area (Å²) in [6.45, 7) is 3.50. The summed E-state index contributed by atoms with van der Waals surface area (Å²) in [5.41, 5.74) is 8.36. The highest BCUT2D eigenvalue weighted by Gasteiger charge is 2.28. The SMILES string of the molecule is CSCC[C@H](N)C(=O)NCC1CCCOC1c1ccc(C)cc1. The Kier molecular flexibility index (Phi) is 7.40. The standard InChI is InChI=1S/C18H28N2O2S/c1-13-5-7-14(8-6-13)17-15(4-3-10-22-17)12-20-18(21)16(19)9-11-23-2/h5-8,15-17H,3-4,9-12,19H2,1-2H3,(H,20,21)/t15?,16-,17?/m0/s1. The molecule has 0 spiro atoms. The van der Waals surface area contributed by atoms with Crippen LogP contribution in [0.5, 0.6) is 0 Å². The average Bonchev–Trinajstić information content (AvgIpc) is 2.58. The van der Waals surface area contributed by atoms with Crippen LogP contribution < -0.4 is 11.1 Å². The van der Waals surface area contributed by atoms with Crippen molar-refractivity contribution in [1.82, 2.24) is 5.32 Å². The monoisotopic (exact) mass is 336 g/mol. The third kappa shape index (κ3) is 5.52. The molecular weight excluding hydrogens is 308 g/mol. The van der Waals surface area contributed by atoms with Gasteiger partial charge in [-0.25, -0.2) is 0 Å². The van der Waals surface area contributed by atoms with Gasteiger partial charge in [-0.3, -0.25) is 4.79 Å². The van der Waals surface area contributed by atoms with Gasteiger partial charge in [-0.1, -0.05) is 29.8 Å². The van der Waals surface area contributed by atoms with E-state index in [1.807, 2.05) is 6.26 Å². The number of carbonyl (C=O) groups is 1. The summed E-state index contributed by atoms with van der Waals surface area (Å²) in [6, 6.07) is 8.07. The Labute approximate surface area is 143 Å². The Bertz CT molecular complexity index is 492. The van der Waals surface area contributed by atoms with E-state index in [-0.39, 0.29) is 12.0 Å². The quantitative estimate of drug-likeness (QED) is 0.803. The number of benzene rings is 1. The van der Waals surface area contributed by atoms with Crippen LogP contribution in [0, 0.1) is 12.8 Å². The second-order valence-electron chi connectivity index (χ2n) is 6.24. The van der Waals surface area contributed by atoms with Crippen molar-refractivity contribution in [3.63, 3.8) is 0 Å². The molecule has 4 nitrogen and oxygen atoms in total. The Morgan fingerprint density at radius 1 is 1.43 bits per heavy atom. The first-order chi connectivity index (χ1) is 11.1. The van der Waals surface area contributed by atoms with E-state index in [9.17, 15) is 4.79 Å². The smallest absolute Gasteiger partial charge is 0.236 e. The van der Waals surface area contributed by atoms with Gasteiger partial charge >= 0.3 is 0 Å². The molecule has 1 amide bonds. The summed E-state index contributed by atoms with van der Waals surface area (Å²) in [7, 11) is 0. The first-order valence-corrected chi connectivity index (χ1v) is 9.71. The van der Waals surface area contributed by atoms with E-state index in [0.29, 0.717) is 12.5 Å². The summed E-state index contributed by atoms with van der Waals surface area (Å²) in [6.07, 6.45) is 4.92. The second-order valence-corrected chi connectivity index (χ2v) is 7.22. The van der Waals surface area contributed by atoms with Crippen molar-refractivity contribution in [2.45, 2.75) is 38.3 Å². The van der Waals surface area contributed by atoms with Gasteiger partial charge in [0.2, 0.25) is 5.91 Å². The zero-order chi connectivity index (χ0) is 16.7. The number of thioether (sulfide) groups is 1. The van der Waals surface area contributed by atoms with Crippen molar-refractivity contribution in [1.29, 1.82) is 0 Å². The minimum Gasteiger partial charge on any atom is -0.373 e. The summed E-state index contributed by atoms with van der Waals surface area (Å²) >= 11 is 1.71. The maximum absolute atomic E-state index is 12.1. The van der Waals surface area contributed by atoms with Crippen molar-refractivity contribution in [2.24, 2.45) is 11.7 Å². The molecular formula is C18H28N2O2S. The molecule has 1 aromatic rings. The van der Waals surface area contributed by atoms with E-state index < -0.39 is 6.04 Å². The van der Waals surface area contributed by atoms with Crippen molar-refractivity contribution in [3.05, 3.63) is 35.4 Å².